The predicted molar refractivity (Wildman–Crippen MR) is 61.6 cm³/mol. The summed E-state index contributed by atoms with van der Waals surface area (Å²) >= 11 is 0. The minimum absolute atomic E-state index is 0.00898. The van der Waals surface area contributed by atoms with Crippen molar-refractivity contribution < 1.29 is 22.8 Å². The van der Waals surface area contributed by atoms with Gasteiger partial charge in [-0.15, -0.1) is 0 Å². The molecule has 19 heavy (non-hydrogen) atoms. The van der Waals surface area contributed by atoms with Crippen LogP contribution in [0.5, 0.6) is 0 Å². The Balaban J connectivity index is 1.97. The molecule has 0 saturated heterocycles. The van der Waals surface area contributed by atoms with Crippen LogP contribution in [0.1, 0.15) is 23.2 Å². The molecule has 0 radical (unpaired) electrons. The fourth-order valence-corrected chi connectivity index (χ4v) is 1.40. The lowest BCUT2D eigenvalue weighted by Gasteiger charge is -2.08. The summed E-state index contributed by atoms with van der Waals surface area (Å²) < 4.78 is 36.0. The molecule has 1 saturated carbocycles. The fourth-order valence-electron chi connectivity index (χ4n) is 1.40. The van der Waals surface area contributed by atoms with Gasteiger partial charge in [0.25, 0.3) is 5.91 Å². The lowest BCUT2D eigenvalue weighted by molar-refractivity contribution is -0.167. The van der Waals surface area contributed by atoms with Gasteiger partial charge in [0.2, 0.25) is 0 Å². The largest absolute Gasteiger partial charge is 0.471 e. The van der Waals surface area contributed by atoms with Crippen molar-refractivity contribution in [2.75, 3.05) is 5.32 Å². The van der Waals surface area contributed by atoms with Crippen molar-refractivity contribution in [3.63, 3.8) is 0 Å². The molecular formula is C12H11F3N2O2. The van der Waals surface area contributed by atoms with E-state index in [9.17, 15) is 22.8 Å². The van der Waals surface area contributed by atoms with Crippen molar-refractivity contribution in [3.05, 3.63) is 29.8 Å². The first-order valence-electron chi connectivity index (χ1n) is 5.65. The molecule has 1 aromatic rings. The Morgan fingerprint density at radius 3 is 2.16 bits per heavy atom. The Morgan fingerprint density at radius 2 is 1.68 bits per heavy atom. The monoisotopic (exact) mass is 272 g/mol. The number of carbonyl (C=O) groups excluding carboxylic acids is 2. The summed E-state index contributed by atoms with van der Waals surface area (Å²) in [4.78, 5) is 22.3. The maximum atomic E-state index is 12.0. The van der Waals surface area contributed by atoms with Gasteiger partial charge >= 0.3 is 12.1 Å². The highest BCUT2D eigenvalue weighted by molar-refractivity contribution is 5.97. The molecule has 1 aliphatic carbocycles. The molecule has 0 aromatic heterocycles. The van der Waals surface area contributed by atoms with E-state index in [2.05, 4.69) is 5.32 Å². The molecule has 0 unspecified atom stereocenters. The number of alkyl halides is 3. The van der Waals surface area contributed by atoms with Gasteiger partial charge in [0, 0.05) is 17.3 Å². The summed E-state index contributed by atoms with van der Waals surface area (Å²) in [5.74, 6) is -2.31. The minimum Gasteiger partial charge on any atom is -0.349 e. The van der Waals surface area contributed by atoms with Gasteiger partial charge in [0.05, 0.1) is 0 Å². The molecule has 1 aromatic carbocycles. The van der Waals surface area contributed by atoms with Gasteiger partial charge in [-0.1, -0.05) is 0 Å². The van der Waals surface area contributed by atoms with Crippen LogP contribution in [0.15, 0.2) is 24.3 Å². The van der Waals surface area contributed by atoms with E-state index in [0.29, 0.717) is 5.56 Å². The van der Waals surface area contributed by atoms with Gasteiger partial charge in [0.1, 0.15) is 0 Å². The van der Waals surface area contributed by atoms with Crippen LogP contribution >= 0.6 is 0 Å². The van der Waals surface area contributed by atoms with E-state index in [1.807, 2.05) is 0 Å². The first-order valence-corrected chi connectivity index (χ1v) is 5.65. The smallest absolute Gasteiger partial charge is 0.349 e. The molecule has 0 heterocycles. The van der Waals surface area contributed by atoms with Crippen LogP contribution in [0.2, 0.25) is 0 Å². The van der Waals surface area contributed by atoms with E-state index in [-0.39, 0.29) is 17.6 Å². The van der Waals surface area contributed by atoms with E-state index in [1.165, 1.54) is 24.3 Å². The van der Waals surface area contributed by atoms with Crippen molar-refractivity contribution in [2.24, 2.45) is 0 Å². The van der Waals surface area contributed by atoms with E-state index >= 15 is 0 Å². The van der Waals surface area contributed by atoms with Crippen molar-refractivity contribution >= 4 is 17.5 Å². The zero-order valence-electron chi connectivity index (χ0n) is 9.75. The summed E-state index contributed by atoms with van der Waals surface area (Å²) in [6, 6.07) is 5.45. The molecule has 0 aliphatic heterocycles. The highest BCUT2D eigenvalue weighted by Crippen LogP contribution is 2.20. The van der Waals surface area contributed by atoms with E-state index in [0.717, 1.165) is 12.8 Å². The number of amides is 2. The molecule has 2 amide bonds. The van der Waals surface area contributed by atoms with Gasteiger partial charge in [-0.05, 0) is 37.1 Å². The van der Waals surface area contributed by atoms with E-state index < -0.39 is 12.1 Å². The average molecular weight is 272 g/mol. The Morgan fingerprint density at radius 1 is 1.11 bits per heavy atom. The maximum Gasteiger partial charge on any atom is 0.471 e. The number of rotatable bonds is 3. The van der Waals surface area contributed by atoms with Crippen LogP contribution in [0.3, 0.4) is 0 Å². The zero-order chi connectivity index (χ0) is 14.0. The molecule has 7 heteroatoms. The molecule has 1 fully saturated rings. The minimum atomic E-state index is -4.93. The van der Waals surface area contributed by atoms with Gasteiger partial charge in [-0.25, -0.2) is 0 Å². The zero-order valence-corrected chi connectivity index (χ0v) is 9.75. The number of hydrogen-bond acceptors (Lipinski definition) is 2. The van der Waals surface area contributed by atoms with Crippen molar-refractivity contribution in [2.45, 2.75) is 25.1 Å². The third-order valence-corrected chi connectivity index (χ3v) is 2.57. The first-order chi connectivity index (χ1) is 8.86. The lowest BCUT2D eigenvalue weighted by atomic mass is 10.2. The first kappa shape index (κ1) is 13.4. The lowest BCUT2D eigenvalue weighted by Crippen LogP contribution is -2.30. The van der Waals surface area contributed by atoms with Gasteiger partial charge in [-0.2, -0.15) is 13.2 Å². The summed E-state index contributed by atoms with van der Waals surface area (Å²) in [6.07, 6.45) is -3.03. The highest BCUT2D eigenvalue weighted by Gasteiger charge is 2.38. The number of anilines is 1. The second-order valence-electron chi connectivity index (χ2n) is 4.28. The summed E-state index contributed by atoms with van der Waals surface area (Å²) in [5, 5.41) is 4.45. The van der Waals surface area contributed by atoms with E-state index in [4.69, 9.17) is 0 Å². The molecule has 2 N–H and O–H groups in total. The Kier molecular flexibility index (Phi) is 3.46. The van der Waals surface area contributed by atoms with Crippen LogP contribution < -0.4 is 10.6 Å². The number of nitrogens with one attached hydrogen (secondary N) is 2. The Labute approximate surface area is 107 Å². The molecule has 0 atom stereocenters. The standard InChI is InChI=1S/C12H11F3N2O2/c13-12(14,15)11(19)17-9-3-1-7(2-4-9)10(18)16-8-5-6-8/h1-4,8H,5-6H2,(H,16,18)(H,17,19). The average Bonchev–Trinajstić information content (AvgIpc) is 3.12. The summed E-state index contributed by atoms with van der Waals surface area (Å²) in [5.41, 5.74) is 0.335. The number of halogens is 3. The highest BCUT2D eigenvalue weighted by atomic mass is 19.4. The number of hydrogen-bond donors (Lipinski definition) is 2. The topological polar surface area (TPSA) is 58.2 Å². The van der Waals surface area contributed by atoms with Crippen molar-refractivity contribution in [1.82, 2.24) is 5.32 Å². The SMILES string of the molecule is O=C(NC1CC1)c1ccc(NC(=O)C(F)(F)F)cc1. The second kappa shape index (κ2) is 4.91. The van der Waals surface area contributed by atoms with Crippen LogP contribution in [0.4, 0.5) is 18.9 Å². The molecular weight excluding hydrogens is 261 g/mol. The van der Waals surface area contributed by atoms with Gasteiger partial charge in [0.15, 0.2) is 0 Å². The number of carbonyl (C=O) groups is 2. The van der Waals surface area contributed by atoms with Crippen LogP contribution in [0.25, 0.3) is 0 Å². The molecule has 0 spiro atoms. The third-order valence-electron chi connectivity index (χ3n) is 2.57. The second-order valence-corrected chi connectivity index (χ2v) is 4.28. The van der Waals surface area contributed by atoms with Crippen LogP contribution in [0, 0.1) is 0 Å². The van der Waals surface area contributed by atoms with Gasteiger partial charge < -0.3 is 10.6 Å². The molecule has 2 rings (SSSR count). The molecule has 0 bridgehead atoms. The predicted octanol–water partition coefficient (Wildman–Crippen LogP) is 2.08. The fraction of sp³-hybridized carbons (Fsp3) is 0.333. The Bertz CT molecular complexity index is 493. The Hall–Kier alpha value is -2.05. The van der Waals surface area contributed by atoms with E-state index in [1.54, 1.807) is 5.32 Å². The number of benzene rings is 1. The summed E-state index contributed by atoms with van der Waals surface area (Å²) in [6.45, 7) is 0. The normalized spacial score (nSPS) is 14.9. The third kappa shape index (κ3) is 3.70. The van der Waals surface area contributed by atoms with Crippen molar-refractivity contribution in [3.8, 4) is 0 Å². The maximum absolute atomic E-state index is 12.0. The quantitative estimate of drug-likeness (QED) is 0.885. The summed E-state index contributed by atoms with van der Waals surface area (Å²) in [7, 11) is 0. The van der Waals surface area contributed by atoms with Gasteiger partial charge in [-0.3, -0.25) is 9.59 Å². The molecule has 102 valence electrons. The molecule has 1 aliphatic rings. The van der Waals surface area contributed by atoms with Crippen molar-refractivity contribution in [1.29, 1.82) is 0 Å². The van der Waals surface area contributed by atoms with Crippen LogP contribution in [-0.2, 0) is 4.79 Å². The molecule has 4 nitrogen and oxygen atoms in total. The van der Waals surface area contributed by atoms with Crippen LogP contribution in [-0.4, -0.2) is 24.0 Å².